The van der Waals surface area contributed by atoms with E-state index in [2.05, 4.69) is 110 Å². The number of aromatic nitrogens is 2. The van der Waals surface area contributed by atoms with Gasteiger partial charge < -0.3 is 28.6 Å². The second-order valence-electron chi connectivity index (χ2n) is 15.4. The number of benzene rings is 5. The molecule has 2 heterocycles. The third-order valence-corrected chi connectivity index (χ3v) is 9.89. The Kier molecular flexibility index (Phi) is 11.5. The molecule has 0 spiro atoms. The van der Waals surface area contributed by atoms with Crippen molar-refractivity contribution in [2.24, 2.45) is 4.99 Å². The molecule has 1 fully saturated rings. The Bertz CT molecular complexity index is 2250. The lowest BCUT2D eigenvalue weighted by Gasteiger charge is -2.37. The van der Waals surface area contributed by atoms with Gasteiger partial charge in [-0.05, 0) is 91.9 Å². The van der Waals surface area contributed by atoms with Crippen LogP contribution in [0.1, 0.15) is 45.2 Å². The van der Waals surface area contributed by atoms with Gasteiger partial charge in [0.05, 0.1) is 29.8 Å². The average Bonchev–Trinajstić information content (AvgIpc) is 3.44. The highest BCUT2D eigenvalue weighted by atomic mass is 19.1. The number of nitrogens with zero attached hydrogens (tertiary/aromatic N) is 5. The first-order valence-electron chi connectivity index (χ1n) is 19.3. The summed E-state index contributed by atoms with van der Waals surface area (Å²) in [6.45, 7) is 13.5. The number of aliphatic hydroxyl groups is 1. The van der Waals surface area contributed by atoms with Crippen molar-refractivity contribution in [3.63, 3.8) is 0 Å². The Morgan fingerprint density at radius 2 is 1.29 bits per heavy atom. The van der Waals surface area contributed by atoms with E-state index in [1.165, 1.54) is 40.1 Å². The molecule has 1 aliphatic heterocycles. The van der Waals surface area contributed by atoms with Crippen molar-refractivity contribution in [1.29, 1.82) is 0 Å². The molecule has 286 valence electrons. The van der Waals surface area contributed by atoms with Crippen LogP contribution in [0.2, 0.25) is 0 Å². The van der Waals surface area contributed by atoms with Gasteiger partial charge in [0.2, 0.25) is 5.62 Å². The number of para-hydroxylation sites is 3. The van der Waals surface area contributed by atoms with Crippen molar-refractivity contribution in [2.45, 2.75) is 65.3 Å². The van der Waals surface area contributed by atoms with E-state index in [0.29, 0.717) is 37.5 Å². The summed E-state index contributed by atoms with van der Waals surface area (Å²) in [5.74, 6) is -1.46. The van der Waals surface area contributed by atoms with Crippen molar-refractivity contribution in [3.05, 3.63) is 150 Å². The van der Waals surface area contributed by atoms with Gasteiger partial charge in [-0.15, -0.1) is 0 Å². The molecule has 0 amide bonds. The number of ether oxygens (including phenoxy) is 2. The summed E-state index contributed by atoms with van der Waals surface area (Å²) in [4.78, 5) is 9.98. The van der Waals surface area contributed by atoms with Gasteiger partial charge in [0, 0.05) is 51.9 Å². The molecule has 1 aromatic heterocycles. The van der Waals surface area contributed by atoms with E-state index in [-0.39, 0.29) is 5.82 Å². The maximum Gasteiger partial charge on any atom is 0.267 e. The zero-order chi connectivity index (χ0) is 38.4. The van der Waals surface area contributed by atoms with Crippen molar-refractivity contribution < 1.29 is 19.0 Å². The van der Waals surface area contributed by atoms with E-state index in [1.54, 1.807) is 19.1 Å². The van der Waals surface area contributed by atoms with E-state index in [9.17, 15) is 9.50 Å². The van der Waals surface area contributed by atoms with Gasteiger partial charge in [0.25, 0.3) is 5.91 Å². The predicted molar refractivity (Wildman–Crippen MR) is 218 cm³/mol. The smallest absolute Gasteiger partial charge is 0.267 e. The van der Waals surface area contributed by atoms with Crippen molar-refractivity contribution in [2.75, 3.05) is 37.7 Å². The van der Waals surface area contributed by atoms with Crippen LogP contribution in [0.5, 0.6) is 5.75 Å². The van der Waals surface area contributed by atoms with E-state index in [0.717, 1.165) is 43.8 Å². The summed E-state index contributed by atoms with van der Waals surface area (Å²) >= 11 is 0. The molecule has 0 radical (unpaired) electrons. The first-order valence-corrected chi connectivity index (χ1v) is 19.3. The SMILES string of the molecule is CC(C)(C)OC(C)(O)N=c1n(CCCOc2ccc(F)cc2)c2ccccc2n1Cc1ccccc1N1CCN(Cc2ccccc2-c2ccccc2)CC1. The summed E-state index contributed by atoms with van der Waals surface area (Å²) in [7, 11) is 0. The van der Waals surface area contributed by atoms with Crippen molar-refractivity contribution in [3.8, 4) is 16.9 Å². The molecule has 1 unspecified atom stereocenters. The number of imidazole rings is 1. The molecular formula is C46H52FN5O3. The van der Waals surface area contributed by atoms with Crippen LogP contribution in [0.25, 0.3) is 22.2 Å². The zero-order valence-electron chi connectivity index (χ0n) is 32.4. The Hall–Kier alpha value is -5.22. The fraction of sp³-hybridized carbons (Fsp3) is 0.326. The highest BCUT2D eigenvalue weighted by Crippen LogP contribution is 2.28. The Morgan fingerprint density at radius 1 is 0.673 bits per heavy atom. The Balaban J connectivity index is 1.15. The molecule has 0 saturated carbocycles. The second-order valence-corrected chi connectivity index (χ2v) is 15.4. The number of hydrogen-bond acceptors (Lipinski definition) is 6. The lowest BCUT2D eigenvalue weighted by molar-refractivity contribution is -0.238. The van der Waals surface area contributed by atoms with E-state index < -0.39 is 11.5 Å². The minimum absolute atomic E-state index is 0.295. The molecule has 1 saturated heterocycles. The van der Waals surface area contributed by atoms with E-state index >= 15 is 0 Å². The van der Waals surface area contributed by atoms with Crippen LogP contribution in [0.15, 0.2) is 132 Å². The molecule has 1 atom stereocenters. The first kappa shape index (κ1) is 38.1. The molecular weight excluding hydrogens is 690 g/mol. The maximum absolute atomic E-state index is 13.5. The van der Waals surface area contributed by atoms with Crippen molar-refractivity contribution >= 4 is 16.7 Å². The van der Waals surface area contributed by atoms with Crippen LogP contribution in [-0.2, 0) is 24.4 Å². The second kappa shape index (κ2) is 16.7. The summed E-state index contributed by atoms with van der Waals surface area (Å²) in [5, 5.41) is 11.6. The molecule has 0 aliphatic carbocycles. The lowest BCUT2D eigenvalue weighted by Crippen LogP contribution is -2.46. The van der Waals surface area contributed by atoms with Crippen LogP contribution in [0.3, 0.4) is 0 Å². The molecule has 1 N–H and O–H groups in total. The molecule has 7 rings (SSSR count). The van der Waals surface area contributed by atoms with Gasteiger partial charge in [-0.25, -0.2) is 4.39 Å². The van der Waals surface area contributed by atoms with Crippen LogP contribution < -0.4 is 15.3 Å². The van der Waals surface area contributed by atoms with Crippen molar-refractivity contribution in [1.82, 2.24) is 14.0 Å². The van der Waals surface area contributed by atoms with Crippen LogP contribution in [0, 0.1) is 5.82 Å². The molecule has 6 aromatic rings. The number of rotatable bonds is 13. The number of hydrogen-bond donors (Lipinski definition) is 1. The van der Waals surface area contributed by atoms with Gasteiger partial charge in [-0.2, -0.15) is 4.99 Å². The van der Waals surface area contributed by atoms with Gasteiger partial charge in [-0.1, -0.05) is 84.9 Å². The quantitative estimate of drug-likeness (QED) is 0.0951. The highest BCUT2D eigenvalue weighted by Gasteiger charge is 2.29. The number of halogens is 1. The fourth-order valence-corrected chi connectivity index (χ4v) is 7.58. The topological polar surface area (TPSA) is 67.4 Å². The minimum atomic E-state index is -1.79. The van der Waals surface area contributed by atoms with Gasteiger partial charge in [0.15, 0.2) is 0 Å². The monoisotopic (exact) mass is 741 g/mol. The standard InChI is InChI=1S/C46H52FN5O3/c1-45(2,3)55-46(4,53)48-44-51(27-14-32-54-39-25-23-38(47)24-26-39)42-21-12-13-22-43(42)52(44)34-37-18-9-11-20-41(37)50-30-28-49(29-31-50)33-36-17-8-10-19-40(36)35-15-6-5-7-16-35/h5-13,15-26,53H,14,27-34H2,1-4H3. The van der Waals surface area contributed by atoms with E-state index in [4.69, 9.17) is 14.5 Å². The molecule has 5 aromatic carbocycles. The van der Waals surface area contributed by atoms with Gasteiger partial charge in [0.1, 0.15) is 11.6 Å². The number of anilines is 1. The lowest BCUT2D eigenvalue weighted by atomic mass is 9.99. The number of piperazine rings is 1. The normalized spacial score (nSPS) is 15.4. The molecule has 8 nitrogen and oxygen atoms in total. The Labute approximate surface area is 323 Å². The third-order valence-electron chi connectivity index (χ3n) is 9.89. The largest absolute Gasteiger partial charge is 0.494 e. The third kappa shape index (κ3) is 9.54. The highest BCUT2D eigenvalue weighted by molar-refractivity contribution is 5.76. The molecule has 9 heteroatoms. The van der Waals surface area contributed by atoms with Gasteiger partial charge >= 0.3 is 0 Å². The average molecular weight is 742 g/mol. The van der Waals surface area contributed by atoms with Gasteiger partial charge in [-0.3, -0.25) is 4.90 Å². The number of aryl methyl sites for hydroxylation is 1. The number of fused-ring (bicyclic) bond motifs is 1. The summed E-state index contributed by atoms with van der Waals surface area (Å²) in [6, 6.07) is 42.3. The van der Waals surface area contributed by atoms with Crippen LogP contribution in [-0.4, -0.2) is 63.4 Å². The summed E-state index contributed by atoms with van der Waals surface area (Å²) in [5.41, 5.74) is 8.24. The fourth-order valence-electron chi connectivity index (χ4n) is 7.58. The minimum Gasteiger partial charge on any atom is -0.494 e. The van der Waals surface area contributed by atoms with Crippen LogP contribution >= 0.6 is 0 Å². The van der Waals surface area contributed by atoms with Crippen LogP contribution in [0.4, 0.5) is 10.1 Å². The predicted octanol–water partition coefficient (Wildman–Crippen LogP) is 8.47. The zero-order valence-corrected chi connectivity index (χ0v) is 32.4. The summed E-state index contributed by atoms with van der Waals surface area (Å²) < 4.78 is 29.8. The molecule has 1 aliphatic rings. The van der Waals surface area contributed by atoms with E-state index in [1.807, 2.05) is 32.9 Å². The Morgan fingerprint density at radius 3 is 2.00 bits per heavy atom. The maximum atomic E-state index is 13.5. The molecule has 0 bridgehead atoms. The molecule has 55 heavy (non-hydrogen) atoms. The summed E-state index contributed by atoms with van der Waals surface area (Å²) in [6.07, 6.45) is 0.664. The first-order chi connectivity index (χ1) is 26.5.